The highest BCUT2D eigenvalue weighted by molar-refractivity contribution is 6.31. The number of aryl methyl sites for hydroxylation is 1. The number of ether oxygens (including phenoxy) is 1. The number of carbonyl (C=O) groups excluding carboxylic acids is 3. The summed E-state index contributed by atoms with van der Waals surface area (Å²) in [5, 5.41) is 0.685. The fourth-order valence-corrected chi connectivity index (χ4v) is 4.03. The zero-order chi connectivity index (χ0) is 24.6. The van der Waals surface area contributed by atoms with Crippen molar-refractivity contribution < 1.29 is 19.1 Å². The number of likely N-dealkylation sites (N-methyl/N-ethyl adjacent to an activating group) is 2. The lowest BCUT2D eigenvalue weighted by Crippen LogP contribution is -2.52. The van der Waals surface area contributed by atoms with Gasteiger partial charge in [-0.3, -0.25) is 19.4 Å². The molecule has 8 heteroatoms. The van der Waals surface area contributed by atoms with Crippen LogP contribution in [-0.4, -0.2) is 46.3 Å². The summed E-state index contributed by atoms with van der Waals surface area (Å²) in [7, 11) is 2.72. The van der Waals surface area contributed by atoms with Gasteiger partial charge in [0.25, 0.3) is 11.8 Å². The third kappa shape index (κ3) is 4.34. The molecule has 0 spiro atoms. The first kappa shape index (κ1) is 23.3. The molecule has 2 heterocycles. The topological polar surface area (TPSA) is 71.9 Å². The number of barbiturate groups is 1. The van der Waals surface area contributed by atoms with Crippen LogP contribution in [0.3, 0.4) is 0 Å². The van der Waals surface area contributed by atoms with E-state index in [1.165, 1.54) is 14.1 Å². The molecule has 4 amide bonds. The van der Waals surface area contributed by atoms with Crippen LogP contribution in [-0.2, 0) is 16.2 Å². The zero-order valence-corrected chi connectivity index (χ0v) is 20.1. The Morgan fingerprint density at radius 3 is 2.06 bits per heavy atom. The van der Waals surface area contributed by atoms with Crippen LogP contribution in [0.25, 0.3) is 11.8 Å². The van der Waals surface area contributed by atoms with Crippen LogP contribution in [0.4, 0.5) is 4.79 Å². The Labute approximate surface area is 202 Å². The van der Waals surface area contributed by atoms with Gasteiger partial charge in [0.15, 0.2) is 0 Å². The van der Waals surface area contributed by atoms with Crippen LogP contribution in [0.2, 0.25) is 5.02 Å². The second-order valence-electron chi connectivity index (χ2n) is 8.14. The number of nitrogens with zero attached hydrogens (tertiary/aromatic N) is 3. The van der Waals surface area contributed by atoms with Crippen molar-refractivity contribution in [2.45, 2.75) is 20.5 Å². The van der Waals surface area contributed by atoms with Crippen LogP contribution in [0.1, 0.15) is 22.5 Å². The summed E-state index contributed by atoms with van der Waals surface area (Å²) in [6.07, 6.45) is 1.55. The first-order valence-corrected chi connectivity index (χ1v) is 11.0. The normalized spacial score (nSPS) is 14.1. The van der Waals surface area contributed by atoms with Gasteiger partial charge in [-0.05, 0) is 73.5 Å². The third-order valence-corrected chi connectivity index (χ3v) is 6.08. The molecular formula is C26H24ClN3O4. The van der Waals surface area contributed by atoms with Gasteiger partial charge < -0.3 is 9.30 Å². The summed E-state index contributed by atoms with van der Waals surface area (Å²) in [6, 6.07) is 16.5. The SMILES string of the molecule is Cc1cc(C=C2C(=O)N(C)C(=O)N(C)C2=O)c(C)n1-c1ccc(OCc2ccc(Cl)cc2)cc1. The fraction of sp³-hybridized carbons (Fsp3) is 0.192. The smallest absolute Gasteiger partial charge is 0.333 e. The van der Waals surface area contributed by atoms with Gasteiger partial charge in [-0.2, -0.15) is 0 Å². The molecule has 0 bridgehead atoms. The van der Waals surface area contributed by atoms with E-state index in [1.54, 1.807) is 6.08 Å². The molecule has 174 valence electrons. The van der Waals surface area contributed by atoms with E-state index in [9.17, 15) is 14.4 Å². The summed E-state index contributed by atoms with van der Waals surface area (Å²) in [6.45, 7) is 4.30. The van der Waals surface area contributed by atoms with E-state index >= 15 is 0 Å². The van der Waals surface area contributed by atoms with Gasteiger partial charge in [0.2, 0.25) is 0 Å². The van der Waals surface area contributed by atoms with Crippen molar-refractivity contribution in [3.63, 3.8) is 0 Å². The Balaban J connectivity index is 1.57. The Hall–Kier alpha value is -3.84. The van der Waals surface area contributed by atoms with E-state index in [0.29, 0.717) is 11.6 Å². The Kier molecular flexibility index (Phi) is 6.30. The number of hydrogen-bond acceptors (Lipinski definition) is 4. The number of amides is 4. The van der Waals surface area contributed by atoms with Crippen LogP contribution in [0.15, 0.2) is 60.2 Å². The van der Waals surface area contributed by atoms with Gasteiger partial charge in [-0.15, -0.1) is 0 Å². The van der Waals surface area contributed by atoms with Crippen molar-refractivity contribution in [3.8, 4) is 11.4 Å². The van der Waals surface area contributed by atoms with Crippen molar-refractivity contribution in [2.24, 2.45) is 0 Å². The molecule has 0 radical (unpaired) electrons. The predicted molar refractivity (Wildman–Crippen MR) is 130 cm³/mol. The van der Waals surface area contributed by atoms with E-state index in [1.807, 2.05) is 73.0 Å². The molecule has 0 aliphatic carbocycles. The minimum Gasteiger partial charge on any atom is -0.489 e. The summed E-state index contributed by atoms with van der Waals surface area (Å²) in [5.74, 6) is -0.488. The second-order valence-corrected chi connectivity index (χ2v) is 8.58. The van der Waals surface area contributed by atoms with Gasteiger partial charge >= 0.3 is 6.03 Å². The summed E-state index contributed by atoms with van der Waals surface area (Å²) >= 11 is 5.92. The number of urea groups is 1. The number of rotatable bonds is 5. The number of halogens is 1. The molecule has 1 saturated heterocycles. The number of benzene rings is 2. The molecule has 3 aromatic rings. The standard InChI is InChI=1S/C26H24ClN3O4/c1-16-13-19(14-23-24(31)28(3)26(33)29(4)25(23)32)17(2)30(16)21-9-11-22(12-10-21)34-15-18-5-7-20(27)8-6-18/h5-14H,15H2,1-4H3. The number of imide groups is 2. The summed E-state index contributed by atoms with van der Waals surface area (Å²) in [4.78, 5) is 39.0. The Bertz CT molecular complexity index is 1280. The molecule has 0 unspecified atom stereocenters. The minimum atomic E-state index is -0.643. The fourth-order valence-electron chi connectivity index (χ4n) is 3.90. The molecule has 34 heavy (non-hydrogen) atoms. The molecule has 1 fully saturated rings. The minimum absolute atomic E-state index is 0.0456. The highest BCUT2D eigenvalue weighted by Crippen LogP contribution is 2.26. The predicted octanol–water partition coefficient (Wildman–Crippen LogP) is 4.76. The average molecular weight is 478 g/mol. The quantitative estimate of drug-likeness (QED) is 0.392. The Morgan fingerprint density at radius 1 is 0.882 bits per heavy atom. The lowest BCUT2D eigenvalue weighted by Gasteiger charge is -2.28. The van der Waals surface area contributed by atoms with Crippen LogP contribution >= 0.6 is 11.6 Å². The highest BCUT2D eigenvalue weighted by atomic mass is 35.5. The third-order valence-electron chi connectivity index (χ3n) is 5.83. The van der Waals surface area contributed by atoms with Crippen molar-refractivity contribution in [1.82, 2.24) is 14.4 Å². The van der Waals surface area contributed by atoms with Gasteiger partial charge in [-0.25, -0.2) is 4.79 Å². The van der Waals surface area contributed by atoms with E-state index in [2.05, 4.69) is 0 Å². The van der Waals surface area contributed by atoms with Gasteiger partial charge in [0.1, 0.15) is 17.9 Å². The maximum Gasteiger partial charge on any atom is 0.333 e. The lowest BCUT2D eigenvalue weighted by molar-refractivity contribution is -0.134. The van der Waals surface area contributed by atoms with Crippen molar-refractivity contribution in [2.75, 3.05) is 14.1 Å². The average Bonchev–Trinajstić information content (AvgIpc) is 3.12. The molecule has 0 atom stereocenters. The lowest BCUT2D eigenvalue weighted by atomic mass is 10.1. The Morgan fingerprint density at radius 2 is 1.47 bits per heavy atom. The monoisotopic (exact) mass is 477 g/mol. The van der Waals surface area contributed by atoms with E-state index < -0.39 is 17.8 Å². The number of hydrogen-bond donors (Lipinski definition) is 0. The molecular weight excluding hydrogens is 454 g/mol. The van der Waals surface area contributed by atoms with Gasteiger partial charge in [0.05, 0.1) is 0 Å². The molecule has 2 aromatic carbocycles. The first-order chi connectivity index (χ1) is 16.2. The van der Waals surface area contributed by atoms with Gasteiger partial charge in [0, 0.05) is 36.2 Å². The zero-order valence-electron chi connectivity index (χ0n) is 19.3. The number of carbonyl (C=O) groups is 3. The molecule has 0 N–H and O–H groups in total. The van der Waals surface area contributed by atoms with Crippen LogP contribution in [0.5, 0.6) is 5.75 Å². The van der Waals surface area contributed by atoms with Gasteiger partial charge in [-0.1, -0.05) is 23.7 Å². The second kappa shape index (κ2) is 9.19. The molecule has 7 nitrogen and oxygen atoms in total. The van der Waals surface area contributed by atoms with Crippen molar-refractivity contribution >= 4 is 35.5 Å². The largest absolute Gasteiger partial charge is 0.489 e. The first-order valence-electron chi connectivity index (χ1n) is 10.7. The van der Waals surface area contributed by atoms with Crippen molar-refractivity contribution in [1.29, 1.82) is 0 Å². The van der Waals surface area contributed by atoms with E-state index in [-0.39, 0.29) is 5.57 Å². The molecule has 1 aliphatic rings. The molecule has 4 rings (SSSR count). The molecule has 1 aromatic heterocycles. The van der Waals surface area contributed by atoms with Crippen LogP contribution < -0.4 is 4.74 Å². The molecule has 0 saturated carbocycles. The van der Waals surface area contributed by atoms with Crippen molar-refractivity contribution in [3.05, 3.63) is 87.7 Å². The maximum absolute atomic E-state index is 12.5. The highest BCUT2D eigenvalue weighted by Gasteiger charge is 2.38. The molecule has 1 aliphatic heterocycles. The van der Waals surface area contributed by atoms with E-state index in [0.717, 1.165) is 43.8 Å². The number of aromatic nitrogens is 1. The van der Waals surface area contributed by atoms with Crippen LogP contribution in [0, 0.1) is 13.8 Å². The summed E-state index contributed by atoms with van der Waals surface area (Å²) in [5.41, 5.74) is 4.43. The van der Waals surface area contributed by atoms with E-state index in [4.69, 9.17) is 16.3 Å². The summed E-state index contributed by atoms with van der Waals surface area (Å²) < 4.78 is 7.90. The maximum atomic E-state index is 12.5.